The Morgan fingerprint density at radius 2 is 1.97 bits per heavy atom. The SMILES string of the molecule is COc1ccccc1OCc1ccc(C(=O)Nc2nn(Cc3c(F)cccc3Cl)cc2Br)o1. The molecule has 0 aliphatic carbocycles. The lowest BCUT2D eigenvalue weighted by molar-refractivity contribution is 0.0992. The molecule has 1 amide bonds. The van der Waals surface area contributed by atoms with Gasteiger partial charge in [-0.2, -0.15) is 5.10 Å². The molecule has 2 aromatic heterocycles. The number of halogens is 3. The molecule has 0 saturated carbocycles. The first kappa shape index (κ1) is 22.9. The van der Waals surface area contributed by atoms with Crippen LogP contribution in [0.2, 0.25) is 5.02 Å². The van der Waals surface area contributed by atoms with Crippen LogP contribution in [-0.4, -0.2) is 22.8 Å². The average Bonchev–Trinajstić information content (AvgIpc) is 3.42. The Kier molecular flexibility index (Phi) is 7.00. The number of aromatic nitrogens is 2. The molecule has 0 bridgehead atoms. The predicted octanol–water partition coefficient (Wildman–Crippen LogP) is 5.92. The van der Waals surface area contributed by atoms with Crippen LogP contribution >= 0.6 is 27.5 Å². The minimum Gasteiger partial charge on any atom is -0.493 e. The van der Waals surface area contributed by atoms with Crippen molar-refractivity contribution in [3.63, 3.8) is 0 Å². The van der Waals surface area contributed by atoms with Crippen LogP contribution in [0.25, 0.3) is 0 Å². The smallest absolute Gasteiger partial charge is 0.292 e. The van der Waals surface area contributed by atoms with Gasteiger partial charge in [-0.15, -0.1) is 0 Å². The van der Waals surface area contributed by atoms with E-state index >= 15 is 0 Å². The topological polar surface area (TPSA) is 78.5 Å². The summed E-state index contributed by atoms with van der Waals surface area (Å²) in [6, 6.07) is 14.9. The lowest BCUT2D eigenvalue weighted by Crippen LogP contribution is -2.12. The highest BCUT2D eigenvalue weighted by atomic mass is 79.9. The fourth-order valence-corrected chi connectivity index (χ4v) is 3.68. The number of ether oxygens (including phenoxy) is 2. The predicted molar refractivity (Wildman–Crippen MR) is 124 cm³/mol. The lowest BCUT2D eigenvalue weighted by Gasteiger charge is -2.08. The molecule has 0 spiro atoms. The van der Waals surface area contributed by atoms with Crippen molar-refractivity contribution in [3.8, 4) is 11.5 Å². The zero-order chi connectivity index (χ0) is 23.4. The first-order chi connectivity index (χ1) is 15.9. The number of para-hydroxylation sites is 2. The number of rotatable bonds is 8. The molecule has 0 unspecified atom stereocenters. The number of furan rings is 1. The normalized spacial score (nSPS) is 10.8. The van der Waals surface area contributed by atoms with Crippen LogP contribution in [0.15, 0.2) is 69.7 Å². The Balaban J connectivity index is 1.40. The Labute approximate surface area is 202 Å². The number of methoxy groups -OCH3 is 1. The summed E-state index contributed by atoms with van der Waals surface area (Å²) in [7, 11) is 1.56. The van der Waals surface area contributed by atoms with Crippen LogP contribution < -0.4 is 14.8 Å². The number of nitrogens with one attached hydrogen (secondary N) is 1. The van der Waals surface area contributed by atoms with E-state index in [1.54, 1.807) is 43.6 Å². The van der Waals surface area contributed by atoms with Gasteiger partial charge in [0.1, 0.15) is 18.2 Å². The zero-order valence-corrected chi connectivity index (χ0v) is 19.7. The third-order valence-corrected chi connectivity index (χ3v) is 5.59. The van der Waals surface area contributed by atoms with E-state index in [4.69, 9.17) is 25.5 Å². The maximum Gasteiger partial charge on any atom is 0.292 e. The number of carbonyl (C=O) groups excluding carboxylic acids is 1. The summed E-state index contributed by atoms with van der Waals surface area (Å²) in [6.45, 7) is 0.223. The van der Waals surface area contributed by atoms with Crippen LogP contribution in [0, 0.1) is 5.82 Å². The maximum absolute atomic E-state index is 14.1. The molecular formula is C23H18BrClFN3O4. The summed E-state index contributed by atoms with van der Waals surface area (Å²) in [4.78, 5) is 12.6. The second-order valence-corrected chi connectivity index (χ2v) is 8.14. The van der Waals surface area contributed by atoms with Gasteiger partial charge in [-0.3, -0.25) is 9.48 Å². The standard InChI is InChI=1S/C23H18BrClFN3O4/c1-31-19-7-2-3-8-20(19)32-13-14-9-10-21(33-14)23(30)27-22-16(24)12-29(28-22)11-15-17(25)5-4-6-18(15)26/h2-10,12H,11,13H2,1H3,(H,27,28,30). The fraction of sp³-hybridized carbons (Fsp3) is 0.130. The number of hydrogen-bond donors (Lipinski definition) is 1. The van der Waals surface area contributed by atoms with Gasteiger partial charge < -0.3 is 19.2 Å². The summed E-state index contributed by atoms with van der Waals surface area (Å²) < 4.78 is 32.6. The summed E-state index contributed by atoms with van der Waals surface area (Å²) in [6.07, 6.45) is 1.62. The molecular weight excluding hydrogens is 517 g/mol. The molecule has 1 N–H and O–H groups in total. The van der Waals surface area contributed by atoms with E-state index in [1.165, 1.54) is 16.8 Å². The minimum atomic E-state index is -0.492. The van der Waals surface area contributed by atoms with Crippen LogP contribution in [0.1, 0.15) is 21.9 Å². The van der Waals surface area contributed by atoms with E-state index in [0.717, 1.165) is 0 Å². The second kappa shape index (κ2) is 10.1. The molecule has 0 fully saturated rings. The Bertz CT molecular complexity index is 1270. The Morgan fingerprint density at radius 1 is 1.18 bits per heavy atom. The Hall–Kier alpha value is -3.30. The summed E-state index contributed by atoms with van der Waals surface area (Å²) in [5.74, 6) is 1.05. The third kappa shape index (κ3) is 5.37. The average molecular weight is 535 g/mol. The molecule has 0 atom stereocenters. The molecule has 2 heterocycles. The largest absolute Gasteiger partial charge is 0.493 e. The number of nitrogens with zero attached hydrogens (tertiary/aromatic N) is 2. The van der Waals surface area contributed by atoms with Gasteiger partial charge in [0, 0.05) is 16.8 Å². The molecule has 7 nitrogen and oxygen atoms in total. The fourth-order valence-electron chi connectivity index (χ4n) is 3.04. The minimum absolute atomic E-state index is 0.0900. The number of amides is 1. The van der Waals surface area contributed by atoms with Gasteiger partial charge in [0.05, 0.1) is 18.1 Å². The van der Waals surface area contributed by atoms with Crippen LogP contribution in [-0.2, 0) is 13.2 Å². The van der Waals surface area contributed by atoms with E-state index in [0.29, 0.717) is 32.3 Å². The van der Waals surface area contributed by atoms with Crippen molar-refractivity contribution in [3.05, 3.63) is 93.2 Å². The maximum atomic E-state index is 14.1. The van der Waals surface area contributed by atoms with Crippen molar-refractivity contribution in [2.45, 2.75) is 13.2 Å². The molecule has 0 aliphatic rings. The highest BCUT2D eigenvalue weighted by molar-refractivity contribution is 9.10. The van der Waals surface area contributed by atoms with E-state index in [2.05, 4.69) is 26.3 Å². The molecule has 0 radical (unpaired) electrons. The van der Waals surface area contributed by atoms with Crippen molar-refractivity contribution in [2.24, 2.45) is 0 Å². The number of carbonyl (C=O) groups is 1. The van der Waals surface area contributed by atoms with E-state index < -0.39 is 11.7 Å². The quantitative estimate of drug-likeness (QED) is 0.304. The second-order valence-electron chi connectivity index (χ2n) is 6.88. The zero-order valence-electron chi connectivity index (χ0n) is 17.3. The molecule has 10 heteroatoms. The van der Waals surface area contributed by atoms with Crippen LogP contribution in [0.4, 0.5) is 10.2 Å². The lowest BCUT2D eigenvalue weighted by atomic mass is 10.2. The third-order valence-electron chi connectivity index (χ3n) is 4.66. The van der Waals surface area contributed by atoms with Crippen molar-refractivity contribution >= 4 is 39.3 Å². The van der Waals surface area contributed by atoms with E-state index in [1.807, 2.05) is 12.1 Å². The number of hydrogen-bond acceptors (Lipinski definition) is 5. The molecule has 170 valence electrons. The number of anilines is 1. The van der Waals surface area contributed by atoms with Gasteiger partial charge in [-0.05, 0) is 52.3 Å². The highest BCUT2D eigenvalue weighted by Gasteiger charge is 2.17. The van der Waals surface area contributed by atoms with Gasteiger partial charge in [0.2, 0.25) is 0 Å². The van der Waals surface area contributed by atoms with Crippen molar-refractivity contribution in [1.29, 1.82) is 0 Å². The molecule has 4 aromatic rings. The van der Waals surface area contributed by atoms with Crippen molar-refractivity contribution in [2.75, 3.05) is 12.4 Å². The van der Waals surface area contributed by atoms with Gasteiger partial charge in [0.15, 0.2) is 23.1 Å². The van der Waals surface area contributed by atoms with Gasteiger partial charge in [-0.25, -0.2) is 4.39 Å². The van der Waals surface area contributed by atoms with Gasteiger partial charge >= 0.3 is 0 Å². The monoisotopic (exact) mass is 533 g/mol. The number of benzene rings is 2. The summed E-state index contributed by atoms with van der Waals surface area (Å²) in [5.41, 5.74) is 0.303. The van der Waals surface area contributed by atoms with E-state index in [-0.39, 0.29) is 24.7 Å². The van der Waals surface area contributed by atoms with Gasteiger partial charge in [-0.1, -0.05) is 29.8 Å². The molecule has 4 rings (SSSR count). The van der Waals surface area contributed by atoms with Crippen LogP contribution in [0.5, 0.6) is 11.5 Å². The van der Waals surface area contributed by atoms with Crippen molar-refractivity contribution < 1.29 is 23.1 Å². The van der Waals surface area contributed by atoms with E-state index in [9.17, 15) is 9.18 Å². The van der Waals surface area contributed by atoms with Gasteiger partial charge in [0.25, 0.3) is 5.91 Å². The molecule has 33 heavy (non-hydrogen) atoms. The molecule has 2 aromatic carbocycles. The van der Waals surface area contributed by atoms with Crippen LogP contribution in [0.3, 0.4) is 0 Å². The molecule has 0 aliphatic heterocycles. The highest BCUT2D eigenvalue weighted by Crippen LogP contribution is 2.27. The first-order valence-electron chi connectivity index (χ1n) is 9.76. The first-order valence-corrected chi connectivity index (χ1v) is 10.9. The Morgan fingerprint density at radius 3 is 2.73 bits per heavy atom. The summed E-state index contributed by atoms with van der Waals surface area (Å²) in [5, 5.41) is 7.25. The van der Waals surface area contributed by atoms with Crippen molar-refractivity contribution in [1.82, 2.24) is 9.78 Å². The summed E-state index contributed by atoms with van der Waals surface area (Å²) >= 11 is 9.43. The molecule has 0 saturated heterocycles.